The molecule has 1 aromatic heterocycles. The second-order valence-corrected chi connectivity index (χ2v) is 9.37. The fourth-order valence-electron chi connectivity index (χ4n) is 3.54. The molecule has 0 N–H and O–H groups in total. The standard InChI is InChI=1S/C25H22ClFN4O4S/c1-16-28-29-25(31(16)20-7-9-21(34-2)10-8-20)36-24(14-30(32)33)18-6-11-23(22(26)13-18)35-15-17-4-3-5-19(27)12-17/h3-13,24H,14-15H2,1-2H3/t24-/m0/s1. The molecule has 4 aromatic rings. The van der Waals surface area contributed by atoms with Gasteiger partial charge in [-0.05, 0) is 66.6 Å². The predicted molar refractivity (Wildman–Crippen MR) is 135 cm³/mol. The summed E-state index contributed by atoms with van der Waals surface area (Å²) in [5, 5.41) is 20.1. The van der Waals surface area contributed by atoms with Gasteiger partial charge >= 0.3 is 0 Å². The van der Waals surface area contributed by atoms with Gasteiger partial charge in [-0.3, -0.25) is 14.7 Å². The highest BCUT2D eigenvalue weighted by Gasteiger charge is 2.24. The summed E-state index contributed by atoms with van der Waals surface area (Å²) in [5.74, 6) is 1.39. The summed E-state index contributed by atoms with van der Waals surface area (Å²) >= 11 is 7.67. The van der Waals surface area contributed by atoms with E-state index >= 15 is 0 Å². The average molecular weight is 529 g/mol. The molecule has 3 aromatic carbocycles. The second kappa shape index (κ2) is 11.4. The zero-order valence-electron chi connectivity index (χ0n) is 19.4. The number of nitrogens with zero attached hydrogens (tertiary/aromatic N) is 4. The van der Waals surface area contributed by atoms with Gasteiger partial charge in [0.2, 0.25) is 6.54 Å². The first-order valence-electron chi connectivity index (χ1n) is 10.9. The normalized spacial score (nSPS) is 11.8. The Morgan fingerprint density at radius 3 is 2.58 bits per heavy atom. The molecule has 0 saturated carbocycles. The molecule has 0 aliphatic rings. The van der Waals surface area contributed by atoms with Gasteiger partial charge in [0.25, 0.3) is 0 Å². The first-order chi connectivity index (χ1) is 17.3. The van der Waals surface area contributed by atoms with Gasteiger partial charge in [-0.25, -0.2) is 4.39 Å². The molecule has 1 heterocycles. The molecule has 0 radical (unpaired) electrons. The molecule has 4 rings (SSSR count). The number of hydrogen-bond acceptors (Lipinski definition) is 7. The summed E-state index contributed by atoms with van der Waals surface area (Å²) in [4.78, 5) is 11.1. The van der Waals surface area contributed by atoms with Crippen molar-refractivity contribution in [3.63, 3.8) is 0 Å². The topological polar surface area (TPSA) is 92.3 Å². The van der Waals surface area contributed by atoms with Gasteiger partial charge in [-0.1, -0.05) is 41.6 Å². The number of aryl methyl sites for hydroxylation is 1. The lowest BCUT2D eigenvalue weighted by atomic mass is 10.1. The number of nitro groups is 1. The smallest absolute Gasteiger partial charge is 0.220 e. The Labute approximate surface area is 216 Å². The number of halogens is 2. The molecule has 0 bridgehead atoms. The maximum Gasteiger partial charge on any atom is 0.220 e. The van der Waals surface area contributed by atoms with Crippen molar-refractivity contribution in [2.75, 3.05) is 13.7 Å². The van der Waals surface area contributed by atoms with E-state index < -0.39 is 5.25 Å². The van der Waals surface area contributed by atoms with Crippen LogP contribution in [0.3, 0.4) is 0 Å². The highest BCUT2D eigenvalue weighted by atomic mass is 35.5. The Morgan fingerprint density at radius 2 is 1.92 bits per heavy atom. The van der Waals surface area contributed by atoms with Crippen molar-refractivity contribution in [2.24, 2.45) is 0 Å². The quantitative estimate of drug-likeness (QED) is 0.140. The Bertz CT molecular complexity index is 1370. The SMILES string of the molecule is COc1ccc(-n2c(C)nnc2S[C@@H](C[N+](=O)[O-])c2ccc(OCc3cccc(F)c3)c(Cl)c2)cc1. The Balaban J connectivity index is 1.57. The summed E-state index contributed by atoms with van der Waals surface area (Å²) in [6.45, 7) is 1.60. The van der Waals surface area contributed by atoms with E-state index in [1.807, 2.05) is 35.8 Å². The van der Waals surface area contributed by atoms with Crippen LogP contribution in [0.1, 0.15) is 22.2 Å². The van der Waals surface area contributed by atoms with Crippen molar-refractivity contribution in [3.8, 4) is 17.2 Å². The molecular weight excluding hydrogens is 507 g/mol. The van der Waals surface area contributed by atoms with Gasteiger partial charge in [-0.15, -0.1) is 10.2 Å². The van der Waals surface area contributed by atoms with Gasteiger partial charge in [0.1, 0.15) is 35.0 Å². The van der Waals surface area contributed by atoms with Crippen LogP contribution in [0.15, 0.2) is 71.9 Å². The fourth-order valence-corrected chi connectivity index (χ4v) is 4.95. The largest absolute Gasteiger partial charge is 0.497 e. The van der Waals surface area contributed by atoms with E-state index in [1.54, 1.807) is 37.4 Å². The molecule has 8 nitrogen and oxygen atoms in total. The lowest BCUT2D eigenvalue weighted by molar-refractivity contribution is -0.479. The van der Waals surface area contributed by atoms with Crippen molar-refractivity contribution in [2.45, 2.75) is 23.9 Å². The minimum atomic E-state index is -0.588. The van der Waals surface area contributed by atoms with Crippen LogP contribution < -0.4 is 9.47 Å². The molecule has 36 heavy (non-hydrogen) atoms. The molecule has 11 heteroatoms. The zero-order valence-corrected chi connectivity index (χ0v) is 21.0. The van der Waals surface area contributed by atoms with E-state index in [0.29, 0.717) is 38.6 Å². The zero-order chi connectivity index (χ0) is 25.7. The van der Waals surface area contributed by atoms with E-state index in [9.17, 15) is 14.5 Å². The minimum absolute atomic E-state index is 0.133. The third-order valence-corrected chi connectivity index (χ3v) is 6.78. The monoisotopic (exact) mass is 528 g/mol. The number of rotatable bonds is 10. The third-order valence-electron chi connectivity index (χ3n) is 5.30. The lowest BCUT2D eigenvalue weighted by Gasteiger charge is -2.16. The number of ether oxygens (including phenoxy) is 2. The summed E-state index contributed by atoms with van der Waals surface area (Å²) < 4.78 is 26.2. The molecule has 0 amide bonds. The first-order valence-corrected chi connectivity index (χ1v) is 12.1. The van der Waals surface area contributed by atoms with Gasteiger partial charge in [0.15, 0.2) is 5.16 Å². The maximum atomic E-state index is 13.4. The van der Waals surface area contributed by atoms with Gasteiger partial charge in [0, 0.05) is 10.6 Å². The van der Waals surface area contributed by atoms with Crippen LogP contribution in [-0.4, -0.2) is 33.3 Å². The van der Waals surface area contributed by atoms with Crippen LogP contribution in [0, 0.1) is 22.9 Å². The van der Waals surface area contributed by atoms with E-state index in [1.165, 1.54) is 23.9 Å². The van der Waals surface area contributed by atoms with Crippen LogP contribution in [0.4, 0.5) is 4.39 Å². The summed E-state index contributed by atoms with van der Waals surface area (Å²) in [6.07, 6.45) is 0. The first kappa shape index (κ1) is 25.5. The summed E-state index contributed by atoms with van der Waals surface area (Å²) in [7, 11) is 1.59. The van der Waals surface area contributed by atoms with Crippen LogP contribution in [0.5, 0.6) is 11.5 Å². The second-order valence-electron chi connectivity index (χ2n) is 7.79. The maximum absolute atomic E-state index is 13.4. The summed E-state index contributed by atoms with van der Waals surface area (Å²) in [5.41, 5.74) is 2.10. The number of methoxy groups -OCH3 is 1. The molecule has 0 spiro atoms. The van der Waals surface area contributed by atoms with Crippen molar-refractivity contribution >= 4 is 23.4 Å². The van der Waals surface area contributed by atoms with E-state index in [2.05, 4.69) is 10.2 Å². The van der Waals surface area contributed by atoms with Crippen molar-refractivity contribution in [3.05, 3.63) is 105 Å². The fraction of sp³-hybridized carbons (Fsp3) is 0.200. The molecule has 0 unspecified atom stereocenters. The van der Waals surface area contributed by atoms with Gasteiger partial charge in [-0.2, -0.15) is 0 Å². The van der Waals surface area contributed by atoms with Crippen molar-refractivity contribution in [1.29, 1.82) is 0 Å². The molecule has 0 fully saturated rings. The van der Waals surface area contributed by atoms with Gasteiger partial charge in [0.05, 0.1) is 12.1 Å². The molecule has 0 saturated heterocycles. The summed E-state index contributed by atoms with van der Waals surface area (Å²) in [6, 6.07) is 18.5. The third kappa shape index (κ3) is 6.13. The van der Waals surface area contributed by atoms with Crippen LogP contribution >= 0.6 is 23.4 Å². The highest BCUT2D eigenvalue weighted by Crippen LogP contribution is 2.39. The minimum Gasteiger partial charge on any atom is -0.497 e. The van der Waals surface area contributed by atoms with E-state index in [0.717, 1.165) is 5.69 Å². The Morgan fingerprint density at radius 1 is 1.14 bits per heavy atom. The molecule has 0 aliphatic heterocycles. The molecular formula is C25H22ClFN4O4S. The Kier molecular flexibility index (Phi) is 8.07. The number of hydrogen-bond donors (Lipinski definition) is 0. The van der Waals surface area contributed by atoms with Crippen LogP contribution in [0.25, 0.3) is 5.69 Å². The lowest BCUT2D eigenvalue weighted by Crippen LogP contribution is -2.11. The van der Waals surface area contributed by atoms with Crippen molar-refractivity contribution < 1.29 is 18.8 Å². The molecule has 0 aliphatic carbocycles. The van der Waals surface area contributed by atoms with Crippen LogP contribution in [-0.2, 0) is 6.61 Å². The van der Waals surface area contributed by atoms with E-state index in [4.69, 9.17) is 21.1 Å². The van der Waals surface area contributed by atoms with Gasteiger partial charge < -0.3 is 9.47 Å². The van der Waals surface area contributed by atoms with Crippen LogP contribution in [0.2, 0.25) is 5.02 Å². The average Bonchev–Trinajstić information content (AvgIpc) is 3.22. The molecule has 1 atom stereocenters. The molecule has 186 valence electrons. The van der Waals surface area contributed by atoms with Crippen molar-refractivity contribution in [1.82, 2.24) is 14.8 Å². The number of aromatic nitrogens is 3. The Hall–Kier alpha value is -3.63. The number of thioether (sulfide) groups is 1. The highest BCUT2D eigenvalue weighted by molar-refractivity contribution is 7.99. The number of benzene rings is 3. The van der Waals surface area contributed by atoms with E-state index in [-0.39, 0.29) is 23.9 Å². The predicted octanol–water partition coefficient (Wildman–Crippen LogP) is 6.07.